The number of carbonyl (C=O) groups excluding carboxylic acids is 1. The molecule has 5 heteroatoms. The largest absolute Gasteiger partial charge is 0.478 e. The third-order valence-corrected chi connectivity index (χ3v) is 6.99. The summed E-state index contributed by atoms with van der Waals surface area (Å²) in [7, 11) is 0. The van der Waals surface area contributed by atoms with Crippen LogP contribution in [0, 0.1) is 13.8 Å². The van der Waals surface area contributed by atoms with Crippen molar-refractivity contribution in [2.24, 2.45) is 0 Å². The van der Waals surface area contributed by atoms with Gasteiger partial charge in [0.05, 0.1) is 11.3 Å². The number of pyridine rings is 1. The van der Waals surface area contributed by atoms with Crippen LogP contribution in [0.15, 0.2) is 30.5 Å². The first-order valence-corrected chi connectivity index (χ1v) is 10.7. The Bertz CT molecular complexity index is 1170. The molecule has 29 heavy (non-hydrogen) atoms. The Morgan fingerprint density at radius 3 is 2.83 bits per heavy atom. The summed E-state index contributed by atoms with van der Waals surface area (Å²) < 4.78 is 8.87. The Morgan fingerprint density at radius 2 is 2.00 bits per heavy atom. The topological polar surface area (TPSA) is 55.6 Å². The minimum Gasteiger partial charge on any atom is -0.478 e. The maximum absolute atomic E-state index is 13.0. The van der Waals surface area contributed by atoms with Crippen LogP contribution in [0.1, 0.15) is 64.1 Å². The van der Waals surface area contributed by atoms with E-state index in [-0.39, 0.29) is 11.5 Å². The predicted octanol–water partition coefficient (Wildman–Crippen LogP) is 4.01. The van der Waals surface area contributed by atoms with Gasteiger partial charge in [0, 0.05) is 23.5 Å². The first-order chi connectivity index (χ1) is 14.1. The number of nitrogens with one attached hydrogen (secondary N) is 1. The molecule has 3 aliphatic rings. The zero-order chi connectivity index (χ0) is 19.8. The maximum atomic E-state index is 13.0. The Kier molecular flexibility index (Phi) is 3.44. The number of hydrogen-bond donors (Lipinski definition) is 1. The standard InChI is InChI=1S/C24H25N3O2/c1-14-15(2)27-13-19(23(28)26-17-7-8-17)18-10-12-24(29-21(18)22(27)25-14)11-9-16-5-3-4-6-20(16)24/h3-6,13,17H,7-12H2,1-2H3,(H,26,28). The highest BCUT2D eigenvalue weighted by molar-refractivity contribution is 5.97. The second kappa shape index (κ2) is 5.85. The molecule has 0 radical (unpaired) electrons. The molecule has 3 heterocycles. The number of ether oxygens (including phenoxy) is 1. The van der Waals surface area contributed by atoms with Gasteiger partial charge in [-0.1, -0.05) is 24.3 Å². The molecule has 148 valence electrons. The first kappa shape index (κ1) is 17.1. The molecule has 1 saturated carbocycles. The van der Waals surface area contributed by atoms with E-state index in [4.69, 9.17) is 9.72 Å². The van der Waals surface area contributed by atoms with Crippen LogP contribution in [0.2, 0.25) is 0 Å². The zero-order valence-electron chi connectivity index (χ0n) is 16.9. The second-order valence-electron chi connectivity index (χ2n) is 8.83. The number of amides is 1. The van der Waals surface area contributed by atoms with Gasteiger partial charge in [0.1, 0.15) is 5.60 Å². The summed E-state index contributed by atoms with van der Waals surface area (Å²) in [6.07, 6.45) is 7.87. The quantitative estimate of drug-likeness (QED) is 0.723. The van der Waals surface area contributed by atoms with Crippen LogP contribution in [0.25, 0.3) is 5.65 Å². The Labute approximate surface area is 170 Å². The number of imidazole rings is 1. The van der Waals surface area contributed by atoms with Crippen molar-refractivity contribution in [1.29, 1.82) is 0 Å². The molecule has 1 unspecified atom stereocenters. The van der Waals surface area contributed by atoms with Gasteiger partial charge in [0.25, 0.3) is 5.91 Å². The molecule has 1 aliphatic heterocycles. The lowest BCUT2D eigenvalue weighted by molar-refractivity contribution is 0.0453. The third-order valence-electron chi connectivity index (χ3n) is 6.99. The van der Waals surface area contributed by atoms with E-state index in [0.717, 1.165) is 72.4 Å². The molecule has 5 nitrogen and oxygen atoms in total. The molecule has 1 amide bonds. The minimum absolute atomic E-state index is 0.0165. The molecule has 0 saturated heterocycles. The van der Waals surface area contributed by atoms with Crippen molar-refractivity contribution in [3.63, 3.8) is 0 Å². The number of fused-ring (bicyclic) bond motifs is 5. The van der Waals surface area contributed by atoms with Crippen LogP contribution < -0.4 is 10.1 Å². The molecule has 1 atom stereocenters. The van der Waals surface area contributed by atoms with Gasteiger partial charge in [0.15, 0.2) is 11.4 Å². The van der Waals surface area contributed by atoms with Crippen molar-refractivity contribution in [1.82, 2.24) is 14.7 Å². The van der Waals surface area contributed by atoms with E-state index in [1.165, 1.54) is 11.1 Å². The maximum Gasteiger partial charge on any atom is 0.253 e. The van der Waals surface area contributed by atoms with Gasteiger partial charge in [-0.25, -0.2) is 4.98 Å². The van der Waals surface area contributed by atoms with E-state index in [9.17, 15) is 4.79 Å². The number of hydrogen-bond acceptors (Lipinski definition) is 3. The van der Waals surface area contributed by atoms with Crippen LogP contribution in [-0.4, -0.2) is 21.3 Å². The third kappa shape index (κ3) is 2.46. The highest BCUT2D eigenvalue weighted by atomic mass is 16.5. The lowest BCUT2D eigenvalue weighted by atomic mass is 9.85. The van der Waals surface area contributed by atoms with Crippen molar-refractivity contribution < 1.29 is 9.53 Å². The number of nitrogens with zero attached hydrogens (tertiary/aromatic N) is 2. The molecule has 0 bridgehead atoms. The summed E-state index contributed by atoms with van der Waals surface area (Å²) in [4.78, 5) is 17.9. The van der Waals surface area contributed by atoms with E-state index in [1.54, 1.807) is 0 Å². The fourth-order valence-electron chi connectivity index (χ4n) is 5.04. The van der Waals surface area contributed by atoms with Gasteiger partial charge in [-0.15, -0.1) is 0 Å². The summed E-state index contributed by atoms with van der Waals surface area (Å²) in [6, 6.07) is 8.95. The number of carbonyl (C=O) groups is 1. The minimum atomic E-state index is -0.302. The van der Waals surface area contributed by atoms with Crippen molar-refractivity contribution in [2.45, 2.75) is 64.0 Å². The summed E-state index contributed by atoms with van der Waals surface area (Å²) in [5.41, 5.74) is 6.99. The lowest BCUT2D eigenvalue weighted by Crippen LogP contribution is -2.36. The monoisotopic (exact) mass is 387 g/mol. The van der Waals surface area contributed by atoms with Gasteiger partial charge < -0.3 is 14.5 Å². The molecule has 3 aromatic rings. The number of aryl methyl sites for hydroxylation is 3. The number of benzene rings is 1. The Morgan fingerprint density at radius 1 is 1.21 bits per heavy atom. The normalized spacial score (nSPS) is 22.4. The van der Waals surface area contributed by atoms with Gasteiger partial charge in [-0.05, 0) is 63.5 Å². The molecule has 1 spiro atoms. The van der Waals surface area contributed by atoms with E-state index in [1.807, 2.05) is 24.4 Å². The second-order valence-corrected chi connectivity index (χ2v) is 8.83. The fraction of sp³-hybridized carbons (Fsp3) is 0.417. The van der Waals surface area contributed by atoms with Gasteiger partial charge in [-0.2, -0.15) is 0 Å². The van der Waals surface area contributed by atoms with Crippen LogP contribution in [0.5, 0.6) is 5.75 Å². The van der Waals surface area contributed by atoms with Crippen molar-refractivity contribution in [3.05, 3.63) is 64.1 Å². The van der Waals surface area contributed by atoms with E-state index in [0.29, 0.717) is 6.04 Å². The lowest BCUT2D eigenvalue weighted by Gasteiger charge is -2.37. The average Bonchev–Trinajstić information content (AvgIpc) is 3.42. The number of aromatic nitrogens is 2. The highest BCUT2D eigenvalue weighted by Crippen LogP contribution is 2.49. The fourth-order valence-corrected chi connectivity index (χ4v) is 5.04. The average molecular weight is 387 g/mol. The smallest absolute Gasteiger partial charge is 0.253 e. The van der Waals surface area contributed by atoms with E-state index >= 15 is 0 Å². The van der Waals surface area contributed by atoms with Crippen molar-refractivity contribution in [2.75, 3.05) is 0 Å². The first-order valence-electron chi connectivity index (χ1n) is 10.7. The molecule has 1 fully saturated rings. The van der Waals surface area contributed by atoms with Gasteiger partial charge in [0.2, 0.25) is 0 Å². The Hall–Kier alpha value is -2.82. The molecule has 2 aliphatic carbocycles. The molecule has 1 aromatic carbocycles. The number of rotatable bonds is 2. The van der Waals surface area contributed by atoms with Crippen LogP contribution in [0.3, 0.4) is 0 Å². The molecular formula is C24H25N3O2. The van der Waals surface area contributed by atoms with E-state index < -0.39 is 0 Å². The van der Waals surface area contributed by atoms with Crippen LogP contribution >= 0.6 is 0 Å². The molecule has 1 N–H and O–H groups in total. The summed E-state index contributed by atoms with van der Waals surface area (Å²) >= 11 is 0. The van der Waals surface area contributed by atoms with Crippen molar-refractivity contribution in [3.8, 4) is 5.75 Å². The summed E-state index contributed by atoms with van der Waals surface area (Å²) in [5, 5.41) is 3.16. The highest BCUT2D eigenvalue weighted by Gasteiger charge is 2.45. The van der Waals surface area contributed by atoms with Crippen LogP contribution in [0.4, 0.5) is 0 Å². The summed E-state index contributed by atoms with van der Waals surface area (Å²) in [5.74, 6) is 0.815. The molecule has 6 rings (SSSR count). The van der Waals surface area contributed by atoms with Gasteiger partial charge in [-0.3, -0.25) is 4.79 Å². The van der Waals surface area contributed by atoms with Gasteiger partial charge >= 0.3 is 0 Å². The van der Waals surface area contributed by atoms with E-state index in [2.05, 4.69) is 29.6 Å². The van der Waals surface area contributed by atoms with Crippen LogP contribution in [-0.2, 0) is 18.4 Å². The SMILES string of the molecule is Cc1nc2c3c(c(C(=O)NC4CC4)cn2c1C)CCC1(CCc2ccccc21)O3. The summed E-state index contributed by atoms with van der Waals surface area (Å²) in [6.45, 7) is 4.07. The zero-order valence-corrected chi connectivity index (χ0v) is 16.9. The van der Waals surface area contributed by atoms with Crippen molar-refractivity contribution >= 4 is 11.6 Å². The predicted molar refractivity (Wildman–Crippen MR) is 111 cm³/mol. The molecular weight excluding hydrogens is 362 g/mol. The molecule has 2 aromatic heterocycles. The Balaban J connectivity index is 1.53.